The van der Waals surface area contributed by atoms with Crippen LogP contribution >= 0.6 is 0 Å². The average molecular weight is 872 g/mol. The molecule has 0 heterocycles. The number of esters is 2. The summed E-state index contributed by atoms with van der Waals surface area (Å²) in [5.41, 5.74) is 1.61. The molecule has 0 aliphatic carbocycles. The SMILES string of the molecule is C=CC(=O)OCCN(CCOC(=O)C=C)c1ccc(/N=N/c2cc(OCC(CC)CCCC)c(/N=N/c3ccc([N+](=O)[O-])cc3[N+](=O)[O-])cc2OCC(CC)CCCC)c(CC)c1. The van der Waals surface area contributed by atoms with Crippen LogP contribution in [-0.2, 0) is 25.5 Å². The largest absolute Gasteiger partial charge is 0.491 e. The molecule has 17 nitrogen and oxygen atoms in total. The number of anilines is 1. The van der Waals surface area contributed by atoms with Crippen LogP contribution in [0.25, 0.3) is 0 Å². The molecule has 0 fully saturated rings. The highest BCUT2D eigenvalue weighted by Crippen LogP contribution is 2.43. The van der Waals surface area contributed by atoms with E-state index in [1.165, 1.54) is 6.07 Å². The lowest BCUT2D eigenvalue weighted by atomic mass is 10.0. The maximum Gasteiger partial charge on any atom is 0.330 e. The van der Waals surface area contributed by atoms with Gasteiger partial charge in [0.25, 0.3) is 5.69 Å². The van der Waals surface area contributed by atoms with Gasteiger partial charge in [-0.15, -0.1) is 15.3 Å². The summed E-state index contributed by atoms with van der Waals surface area (Å²) in [7, 11) is 0. The molecule has 340 valence electrons. The summed E-state index contributed by atoms with van der Waals surface area (Å²) in [6, 6.07) is 12.1. The molecule has 2 atom stereocenters. The topological polar surface area (TPSA) is 210 Å². The van der Waals surface area contributed by atoms with Crippen molar-refractivity contribution in [3.05, 3.63) is 99.6 Å². The van der Waals surface area contributed by atoms with Gasteiger partial charge in [-0.05, 0) is 60.9 Å². The molecule has 0 saturated carbocycles. The number of hydrogen-bond acceptors (Lipinski definition) is 15. The van der Waals surface area contributed by atoms with Crippen molar-refractivity contribution < 1.29 is 38.4 Å². The first-order valence-electron chi connectivity index (χ1n) is 21.6. The van der Waals surface area contributed by atoms with Crippen molar-refractivity contribution in [1.82, 2.24) is 0 Å². The van der Waals surface area contributed by atoms with Crippen LogP contribution in [0.5, 0.6) is 11.5 Å². The minimum absolute atomic E-state index is 0.0750. The van der Waals surface area contributed by atoms with Gasteiger partial charge in [0.05, 0.1) is 47.9 Å². The zero-order chi connectivity index (χ0) is 46.1. The smallest absolute Gasteiger partial charge is 0.330 e. The third-order valence-corrected chi connectivity index (χ3v) is 10.3. The standard InChI is InChI=1S/C46H61N7O10/c1-8-15-17-33(10-3)31-62-43-30-41(50-48-39-22-20-37(52(56)57)28-42(39)53(58)59)44(63-32-34(11-4)18-16-9-2)29-40(43)49-47-38-21-19-36(27-35(38)12-5)51(23-25-60-45(54)13-6)24-26-61-46(55)14-7/h13-14,19-22,27-30,33-34H,6-12,15-18,23-26,31-32H2,1-5H3/b49-47+,50-48+. The molecule has 2 unspecified atom stereocenters. The summed E-state index contributed by atoms with van der Waals surface area (Å²) >= 11 is 0. The van der Waals surface area contributed by atoms with E-state index >= 15 is 0 Å². The van der Waals surface area contributed by atoms with Crippen LogP contribution < -0.4 is 14.4 Å². The van der Waals surface area contributed by atoms with Gasteiger partial charge in [0.15, 0.2) is 5.69 Å². The van der Waals surface area contributed by atoms with E-state index in [1.807, 2.05) is 30.0 Å². The Morgan fingerprint density at radius 2 is 1.17 bits per heavy atom. The number of nitrogens with zero attached hydrogens (tertiary/aromatic N) is 7. The monoisotopic (exact) mass is 871 g/mol. The lowest BCUT2D eigenvalue weighted by molar-refractivity contribution is -0.393. The van der Waals surface area contributed by atoms with E-state index in [2.05, 4.69) is 51.1 Å². The molecule has 3 aromatic carbocycles. The Hall–Kier alpha value is -6.52. The molecule has 0 aliphatic heterocycles. The number of benzene rings is 3. The average Bonchev–Trinajstić information content (AvgIpc) is 3.29. The maximum atomic E-state index is 11.9. The van der Waals surface area contributed by atoms with Crippen LogP contribution in [0.15, 0.2) is 94.3 Å². The van der Waals surface area contributed by atoms with Crippen molar-refractivity contribution in [1.29, 1.82) is 0 Å². The van der Waals surface area contributed by atoms with Gasteiger partial charge in [0.2, 0.25) is 0 Å². The van der Waals surface area contributed by atoms with Crippen LogP contribution in [-0.4, -0.2) is 61.3 Å². The first-order valence-corrected chi connectivity index (χ1v) is 21.6. The summed E-state index contributed by atoms with van der Waals surface area (Å²) in [5, 5.41) is 41.3. The normalized spacial score (nSPS) is 12.1. The number of nitro benzene ring substituents is 2. The first kappa shape index (κ1) is 50.8. The highest BCUT2D eigenvalue weighted by molar-refractivity contribution is 5.81. The zero-order valence-electron chi connectivity index (χ0n) is 37.2. The Bertz CT molecular complexity index is 2050. The number of carbonyl (C=O) groups excluding carboxylic acids is 2. The number of aryl methyl sites for hydroxylation is 1. The number of unbranched alkanes of at least 4 members (excludes halogenated alkanes) is 2. The molecule has 3 aromatic rings. The van der Waals surface area contributed by atoms with E-state index in [9.17, 15) is 29.8 Å². The Morgan fingerprint density at radius 3 is 1.62 bits per heavy atom. The number of non-ortho nitro benzene ring substituents is 1. The molecule has 0 bridgehead atoms. The lowest BCUT2D eigenvalue weighted by Crippen LogP contribution is -2.32. The van der Waals surface area contributed by atoms with Gasteiger partial charge in [-0.3, -0.25) is 20.2 Å². The van der Waals surface area contributed by atoms with E-state index in [4.69, 9.17) is 29.2 Å². The minimum Gasteiger partial charge on any atom is -0.491 e. The molecule has 0 N–H and O–H groups in total. The van der Waals surface area contributed by atoms with Crippen LogP contribution in [0.2, 0.25) is 0 Å². The summed E-state index contributed by atoms with van der Waals surface area (Å²) in [6.07, 6.45) is 10.6. The number of rotatable bonds is 30. The van der Waals surface area contributed by atoms with Crippen LogP contribution in [0.1, 0.15) is 91.5 Å². The Kier molecular flexibility index (Phi) is 22.1. The van der Waals surface area contributed by atoms with Crippen molar-refractivity contribution in [2.75, 3.05) is 44.4 Å². The van der Waals surface area contributed by atoms with Crippen LogP contribution in [0.4, 0.5) is 39.8 Å². The molecule has 0 spiro atoms. The highest BCUT2D eigenvalue weighted by Gasteiger charge is 2.21. The summed E-state index contributed by atoms with van der Waals surface area (Å²) in [4.78, 5) is 47.3. The molecule has 3 rings (SSSR count). The van der Waals surface area contributed by atoms with Gasteiger partial charge in [-0.2, -0.15) is 5.11 Å². The van der Waals surface area contributed by atoms with Crippen LogP contribution in [0, 0.1) is 32.1 Å². The molecular formula is C46H61N7O10. The maximum absolute atomic E-state index is 11.9. The fraction of sp³-hybridized carbons (Fsp3) is 0.478. The third kappa shape index (κ3) is 16.7. The van der Waals surface area contributed by atoms with Gasteiger partial charge >= 0.3 is 17.6 Å². The minimum atomic E-state index is -0.742. The highest BCUT2D eigenvalue weighted by atomic mass is 16.6. The number of ether oxygens (including phenoxy) is 4. The number of hydrogen-bond donors (Lipinski definition) is 0. The molecule has 0 amide bonds. The second kappa shape index (κ2) is 27.4. The van der Waals surface area contributed by atoms with Crippen molar-refractivity contribution in [3.8, 4) is 11.5 Å². The third-order valence-electron chi connectivity index (χ3n) is 10.3. The molecule has 17 heteroatoms. The Labute approximate surface area is 369 Å². The molecule has 0 aromatic heterocycles. The summed E-state index contributed by atoms with van der Waals surface area (Å²) < 4.78 is 23.4. The van der Waals surface area contributed by atoms with Gasteiger partial charge < -0.3 is 23.8 Å². The predicted molar refractivity (Wildman–Crippen MR) is 242 cm³/mol. The second-order valence-corrected chi connectivity index (χ2v) is 14.7. The quantitative estimate of drug-likeness (QED) is 0.0202. The van der Waals surface area contributed by atoms with E-state index < -0.39 is 33.2 Å². The second-order valence-electron chi connectivity index (χ2n) is 14.7. The van der Waals surface area contributed by atoms with E-state index in [-0.39, 0.29) is 36.4 Å². The summed E-state index contributed by atoms with van der Waals surface area (Å²) in [6.45, 7) is 18.9. The van der Waals surface area contributed by atoms with Crippen molar-refractivity contribution in [2.24, 2.45) is 32.3 Å². The first-order chi connectivity index (χ1) is 30.4. The van der Waals surface area contributed by atoms with Gasteiger partial charge in [-0.25, -0.2) is 9.59 Å². The number of azo groups is 2. The lowest BCUT2D eigenvalue weighted by Gasteiger charge is -2.25. The summed E-state index contributed by atoms with van der Waals surface area (Å²) in [5.74, 6) is 0.0392. The number of nitro groups is 2. The van der Waals surface area contributed by atoms with Gasteiger partial charge in [0, 0.05) is 36.0 Å². The zero-order valence-corrected chi connectivity index (χ0v) is 37.2. The Balaban J connectivity index is 2.16. The van der Waals surface area contributed by atoms with Gasteiger partial charge in [-0.1, -0.05) is 86.3 Å². The molecule has 0 saturated heterocycles. The Morgan fingerprint density at radius 1 is 0.683 bits per heavy atom. The number of carbonyl (C=O) groups is 2. The van der Waals surface area contributed by atoms with Crippen molar-refractivity contribution in [3.63, 3.8) is 0 Å². The fourth-order valence-electron chi connectivity index (χ4n) is 6.36. The molecule has 0 radical (unpaired) electrons. The van der Waals surface area contributed by atoms with Gasteiger partial charge in [0.1, 0.15) is 36.1 Å². The van der Waals surface area contributed by atoms with E-state index in [0.717, 1.165) is 86.9 Å². The molecule has 0 aliphatic rings. The van der Waals surface area contributed by atoms with Crippen molar-refractivity contribution >= 4 is 51.8 Å². The predicted octanol–water partition coefficient (Wildman–Crippen LogP) is 12.4. The molecule has 63 heavy (non-hydrogen) atoms. The van der Waals surface area contributed by atoms with E-state index in [0.29, 0.717) is 55.6 Å². The fourth-order valence-corrected chi connectivity index (χ4v) is 6.36. The molecular weight excluding hydrogens is 811 g/mol. The van der Waals surface area contributed by atoms with Crippen molar-refractivity contribution in [2.45, 2.75) is 92.4 Å². The van der Waals surface area contributed by atoms with Crippen LogP contribution in [0.3, 0.4) is 0 Å². The van der Waals surface area contributed by atoms with E-state index in [1.54, 1.807) is 12.1 Å².